The van der Waals surface area contributed by atoms with E-state index in [1.165, 1.54) is 45.6 Å². The lowest BCUT2D eigenvalue weighted by Gasteiger charge is -2.34. The van der Waals surface area contributed by atoms with Crippen molar-refractivity contribution in [1.29, 1.82) is 0 Å². The van der Waals surface area contributed by atoms with Crippen LogP contribution in [0.15, 0.2) is 11.4 Å². The summed E-state index contributed by atoms with van der Waals surface area (Å²) in [5, 5.41) is 5.74. The van der Waals surface area contributed by atoms with E-state index in [4.69, 9.17) is 0 Å². The summed E-state index contributed by atoms with van der Waals surface area (Å²) in [7, 11) is 0. The lowest BCUT2D eigenvalue weighted by atomic mass is 9.88. The Hall–Kier alpha value is -0.0900. The van der Waals surface area contributed by atoms with Gasteiger partial charge in [0.05, 0.1) is 0 Å². The van der Waals surface area contributed by atoms with Crippen LogP contribution in [0.5, 0.6) is 0 Å². The molecule has 2 aliphatic rings. The van der Waals surface area contributed by atoms with Crippen LogP contribution in [-0.2, 0) is 13.0 Å². The Labute approximate surface area is 114 Å². The van der Waals surface area contributed by atoms with Crippen LogP contribution in [0, 0.1) is 5.41 Å². The first-order valence-corrected chi connectivity index (χ1v) is 7.12. The number of thiophene rings is 1. The second-order valence-electron chi connectivity index (χ2n) is 5.57. The highest BCUT2D eigenvalue weighted by molar-refractivity contribution is 7.10. The maximum absolute atomic E-state index is 3.49. The summed E-state index contributed by atoms with van der Waals surface area (Å²) >= 11 is 1.93. The molecule has 3 rings (SSSR count). The SMILES string of the molecule is CC1(CN2CCc3sccc3C2)CCNC1.Cl. The lowest BCUT2D eigenvalue weighted by molar-refractivity contribution is 0.165. The van der Waals surface area contributed by atoms with Gasteiger partial charge in [-0.1, -0.05) is 6.92 Å². The van der Waals surface area contributed by atoms with E-state index >= 15 is 0 Å². The van der Waals surface area contributed by atoms with Crippen LogP contribution in [0.4, 0.5) is 0 Å². The number of fused-ring (bicyclic) bond motifs is 1. The Morgan fingerprint density at radius 3 is 3.18 bits per heavy atom. The zero-order chi connectivity index (χ0) is 11.0. The van der Waals surface area contributed by atoms with E-state index in [9.17, 15) is 0 Å². The number of halogens is 1. The Morgan fingerprint density at radius 2 is 2.41 bits per heavy atom. The van der Waals surface area contributed by atoms with E-state index in [2.05, 4.69) is 28.6 Å². The smallest absolute Gasteiger partial charge is 0.0245 e. The maximum Gasteiger partial charge on any atom is 0.0245 e. The fourth-order valence-electron chi connectivity index (χ4n) is 2.99. The molecule has 0 spiro atoms. The largest absolute Gasteiger partial charge is 0.316 e. The fourth-order valence-corrected chi connectivity index (χ4v) is 3.88. The Balaban J connectivity index is 0.00000108. The molecule has 1 saturated heterocycles. The van der Waals surface area contributed by atoms with E-state index < -0.39 is 0 Å². The summed E-state index contributed by atoms with van der Waals surface area (Å²) < 4.78 is 0. The minimum Gasteiger partial charge on any atom is -0.316 e. The van der Waals surface area contributed by atoms with Gasteiger partial charge in [-0.2, -0.15) is 0 Å². The highest BCUT2D eigenvalue weighted by Crippen LogP contribution is 2.30. The minimum atomic E-state index is 0. The molecular formula is C13H21ClN2S. The van der Waals surface area contributed by atoms with Crippen molar-refractivity contribution in [2.24, 2.45) is 5.41 Å². The van der Waals surface area contributed by atoms with Crippen molar-refractivity contribution >= 4 is 23.7 Å². The molecule has 1 atom stereocenters. The standard InChI is InChI=1S/C13H20N2S.ClH/c1-13(4-5-14-9-13)10-15-6-2-12-11(8-15)3-7-16-12;/h3,7,14H,2,4-6,8-10H2,1H3;1H. The van der Waals surface area contributed by atoms with Crippen molar-refractivity contribution in [1.82, 2.24) is 10.2 Å². The van der Waals surface area contributed by atoms with Crippen LogP contribution in [0.2, 0.25) is 0 Å². The first-order valence-electron chi connectivity index (χ1n) is 6.24. The third kappa shape index (κ3) is 2.84. The molecule has 0 bridgehead atoms. The van der Waals surface area contributed by atoms with Crippen molar-refractivity contribution in [3.8, 4) is 0 Å². The first kappa shape index (κ1) is 13.3. The van der Waals surface area contributed by atoms with Crippen LogP contribution in [0.1, 0.15) is 23.8 Å². The summed E-state index contributed by atoms with van der Waals surface area (Å²) in [6, 6.07) is 2.31. The Bertz CT molecular complexity index is 371. The third-order valence-corrected chi connectivity index (χ3v) is 4.97. The van der Waals surface area contributed by atoms with E-state index in [0.29, 0.717) is 5.41 Å². The topological polar surface area (TPSA) is 15.3 Å². The van der Waals surface area contributed by atoms with Crippen LogP contribution in [-0.4, -0.2) is 31.1 Å². The molecule has 1 N–H and O–H groups in total. The molecule has 0 aromatic carbocycles. The van der Waals surface area contributed by atoms with Gasteiger partial charge in [-0.05, 0) is 41.8 Å². The van der Waals surface area contributed by atoms with Gasteiger partial charge in [-0.15, -0.1) is 23.7 Å². The van der Waals surface area contributed by atoms with Crippen molar-refractivity contribution in [3.63, 3.8) is 0 Å². The predicted octanol–water partition coefficient (Wildman–Crippen LogP) is 2.53. The molecule has 0 amide bonds. The monoisotopic (exact) mass is 272 g/mol. The quantitative estimate of drug-likeness (QED) is 0.890. The summed E-state index contributed by atoms with van der Waals surface area (Å²) in [6.07, 6.45) is 2.59. The molecule has 1 aromatic rings. The average molecular weight is 273 g/mol. The van der Waals surface area contributed by atoms with Gasteiger partial charge in [0.15, 0.2) is 0 Å². The number of hydrogen-bond acceptors (Lipinski definition) is 3. The number of rotatable bonds is 2. The van der Waals surface area contributed by atoms with Crippen molar-refractivity contribution < 1.29 is 0 Å². The molecule has 0 aliphatic carbocycles. The number of hydrogen-bond donors (Lipinski definition) is 1. The summed E-state index contributed by atoms with van der Waals surface area (Å²) in [4.78, 5) is 4.26. The van der Waals surface area contributed by atoms with Crippen LogP contribution in [0.25, 0.3) is 0 Å². The number of nitrogens with zero attached hydrogens (tertiary/aromatic N) is 1. The molecule has 2 nitrogen and oxygen atoms in total. The zero-order valence-electron chi connectivity index (χ0n) is 10.4. The van der Waals surface area contributed by atoms with E-state index in [-0.39, 0.29) is 12.4 Å². The maximum atomic E-state index is 3.49. The molecule has 1 unspecified atom stereocenters. The highest BCUT2D eigenvalue weighted by atomic mass is 35.5. The van der Waals surface area contributed by atoms with Crippen molar-refractivity contribution in [2.45, 2.75) is 26.3 Å². The van der Waals surface area contributed by atoms with Gasteiger partial charge in [0.25, 0.3) is 0 Å². The van der Waals surface area contributed by atoms with Crippen molar-refractivity contribution in [2.75, 3.05) is 26.2 Å². The minimum absolute atomic E-state index is 0. The van der Waals surface area contributed by atoms with Gasteiger partial charge in [0, 0.05) is 31.1 Å². The Kier molecular flexibility index (Phi) is 4.14. The molecule has 1 aromatic heterocycles. The summed E-state index contributed by atoms with van der Waals surface area (Å²) in [6.45, 7) is 8.51. The molecule has 17 heavy (non-hydrogen) atoms. The molecular weight excluding hydrogens is 252 g/mol. The summed E-state index contributed by atoms with van der Waals surface area (Å²) in [5.74, 6) is 0. The first-order chi connectivity index (χ1) is 7.75. The van der Waals surface area contributed by atoms with E-state index in [1.807, 2.05) is 11.3 Å². The number of nitrogens with one attached hydrogen (secondary N) is 1. The molecule has 0 radical (unpaired) electrons. The van der Waals surface area contributed by atoms with Crippen molar-refractivity contribution in [3.05, 3.63) is 21.9 Å². The molecule has 2 aliphatic heterocycles. The average Bonchev–Trinajstić information content (AvgIpc) is 2.86. The van der Waals surface area contributed by atoms with Gasteiger partial charge in [0.2, 0.25) is 0 Å². The van der Waals surface area contributed by atoms with Crippen LogP contribution >= 0.6 is 23.7 Å². The molecule has 96 valence electrons. The second-order valence-corrected chi connectivity index (χ2v) is 6.57. The molecule has 0 saturated carbocycles. The van der Waals surface area contributed by atoms with Crippen LogP contribution in [0.3, 0.4) is 0 Å². The van der Waals surface area contributed by atoms with Gasteiger partial charge in [0.1, 0.15) is 0 Å². The van der Waals surface area contributed by atoms with Crippen LogP contribution < -0.4 is 5.32 Å². The second kappa shape index (κ2) is 5.27. The highest BCUT2D eigenvalue weighted by Gasteiger charge is 2.31. The van der Waals surface area contributed by atoms with E-state index in [0.717, 1.165) is 0 Å². The van der Waals surface area contributed by atoms with Gasteiger partial charge in [-0.25, -0.2) is 0 Å². The lowest BCUT2D eigenvalue weighted by Crippen LogP contribution is -2.39. The normalized spacial score (nSPS) is 28.8. The summed E-state index contributed by atoms with van der Waals surface area (Å²) in [5.41, 5.74) is 2.08. The molecule has 1 fully saturated rings. The van der Waals surface area contributed by atoms with E-state index in [1.54, 1.807) is 10.4 Å². The van der Waals surface area contributed by atoms with Gasteiger partial charge in [-0.3, -0.25) is 4.90 Å². The van der Waals surface area contributed by atoms with Gasteiger partial charge < -0.3 is 5.32 Å². The molecule has 3 heterocycles. The van der Waals surface area contributed by atoms with Gasteiger partial charge >= 0.3 is 0 Å². The Morgan fingerprint density at radius 1 is 1.53 bits per heavy atom. The predicted molar refractivity (Wildman–Crippen MR) is 76.1 cm³/mol. The fraction of sp³-hybridized carbons (Fsp3) is 0.692. The zero-order valence-corrected chi connectivity index (χ0v) is 12.0. The third-order valence-electron chi connectivity index (χ3n) is 3.95. The molecule has 4 heteroatoms.